The lowest BCUT2D eigenvalue weighted by molar-refractivity contribution is 0.331. The smallest absolute Gasteiger partial charge is 0.218 e. The van der Waals surface area contributed by atoms with Gasteiger partial charge in [-0.3, -0.25) is 0 Å². The monoisotopic (exact) mass is 280 g/mol. The molecule has 92 valence electrons. The van der Waals surface area contributed by atoms with Crippen LogP contribution in [0.2, 0.25) is 0 Å². The lowest BCUT2D eigenvalue weighted by Gasteiger charge is -2.30. The van der Waals surface area contributed by atoms with Gasteiger partial charge in [-0.25, -0.2) is 4.31 Å². The van der Waals surface area contributed by atoms with E-state index in [0.717, 1.165) is 0 Å². The van der Waals surface area contributed by atoms with Gasteiger partial charge in [0.2, 0.25) is 5.29 Å². The van der Waals surface area contributed by atoms with E-state index in [1.165, 1.54) is 11.8 Å². The molecule has 0 aromatic rings. The van der Waals surface area contributed by atoms with Crippen molar-refractivity contribution in [3.8, 4) is 0 Å². The van der Waals surface area contributed by atoms with Crippen molar-refractivity contribution < 1.29 is 0 Å². The average molecular weight is 281 g/mol. The number of hydrogen-bond acceptors (Lipinski definition) is 5. The molecule has 1 atom stereocenters. The molecule has 0 saturated heterocycles. The van der Waals surface area contributed by atoms with Crippen LogP contribution in [0.15, 0.2) is 13.8 Å². The molecular formula is C9H17ClN4S2. The van der Waals surface area contributed by atoms with Crippen molar-refractivity contribution in [1.29, 1.82) is 0 Å². The Hall–Kier alpha value is 0.0900. The van der Waals surface area contributed by atoms with Crippen molar-refractivity contribution in [1.82, 2.24) is 4.31 Å². The predicted molar refractivity (Wildman–Crippen MR) is 76.1 cm³/mol. The van der Waals surface area contributed by atoms with E-state index >= 15 is 0 Å². The zero-order valence-corrected chi connectivity index (χ0v) is 12.5. The third-order valence-corrected chi connectivity index (χ3v) is 4.72. The maximum Gasteiger partial charge on any atom is 0.233 e. The zero-order chi connectivity index (χ0) is 12.3. The number of thioether (sulfide) groups is 1. The Morgan fingerprint density at radius 1 is 1.25 bits per heavy atom. The van der Waals surface area contributed by atoms with Crippen LogP contribution >= 0.6 is 23.4 Å². The van der Waals surface area contributed by atoms with Crippen molar-refractivity contribution in [3.63, 3.8) is 0 Å². The summed E-state index contributed by atoms with van der Waals surface area (Å²) in [6, 6.07) is 0.753. The van der Waals surface area contributed by atoms with Crippen molar-refractivity contribution in [2.75, 3.05) is 6.26 Å². The van der Waals surface area contributed by atoms with Gasteiger partial charge in [-0.1, -0.05) is 11.8 Å². The van der Waals surface area contributed by atoms with Crippen LogP contribution in [0.5, 0.6) is 0 Å². The molecule has 1 aliphatic heterocycles. The third-order valence-electron chi connectivity index (χ3n) is 1.89. The van der Waals surface area contributed by atoms with Crippen LogP contribution in [0.4, 0.5) is 0 Å². The standard InChI is InChI=1S/C9H17ClN4S2/c1-6(2)14(7(3)4)16-12-8(10)11-9(13-16)15-5/h6-7H,1-5H3. The quantitative estimate of drug-likeness (QED) is 0.746. The molecule has 0 fully saturated rings. The van der Waals surface area contributed by atoms with Crippen LogP contribution < -0.4 is 0 Å². The number of halogens is 1. The molecule has 1 aliphatic rings. The van der Waals surface area contributed by atoms with E-state index in [1.807, 2.05) is 6.26 Å². The summed E-state index contributed by atoms with van der Waals surface area (Å²) in [7, 11) is 0. The first-order chi connectivity index (χ1) is 7.45. The topological polar surface area (TPSA) is 40.3 Å². The molecule has 0 radical (unpaired) electrons. The second-order valence-corrected chi connectivity index (χ2v) is 6.23. The van der Waals surface area contributed by atoms with Gasteiger partial charge < -0.3 is 0 Å². The summed E-state index contributed by atoms with van der Waals surface area (Å²) in [5.74, 6) is 0. The minimum Gasteiger partial charge on any atom is -0.218 e. The van der Waals surface area contributed by atoms with Crippen molar-refractivity contribution in [2.24, 2.45) is 13.8 Å². The maximum absolute atomic E-state index is 5.91. The maximum atomic E-state index is 5.91. The zero-order valence-electron chi connectivity index (χ0n) is 10.1. The lowest BCUT2D eigenvalue weighted by Crippen LogP contribution is -2.38. The number of aliphatic imine (C=N–C) groups is 1. The van der Waals surface area contributed by atoms with E-state index in [-0.39, 0.29) is 0 Å². The summed E-state index contributed by atoms with van der Waals surface area (Å²) >= 11 is 6.86. The van der Waals surface area contributed by atoms with Gasteiger partial charge in [0, 0.05) is 12.1 Å². The number of amidine groups is 2. The molecule has 0 spiro atoms. The van der Waals surface area contributed by atoms with Crippen molar-refractivity contribution >= 4 is 44.9 Å². The van der Waals surface area contributed by atoms with E-state index in [9.17, 15) is 0 Å². The van der Waals surface area contributed by atoms with Crippen LogP contribution in [0.3, 0.4) is 0 Å². The largest absolute Gasteiger partial charge is 0.233 e. The molecule has 1 rings (SSSR count). The first-order valence-electron chi connectivity index (χ1n) is 5.07. The minimum atomic E-state index is -0.540. The summed E-state index contributed by atoms with van der Waals surface area (Å²) in [6.45, 7) is 8.54. The fraction of sp³-hybridized carbons (Fsp3) is 0.778. The van der Waals surface area contributed by atoms with Crippen LogP contribution in [0.1, 0.15) is 27.7 Å². The van der Waals surface area contributed by atoms with Gasteiger partial charge in [0.25, 0.3) is 0 Å². The van der Waals surface area contributed by atoms with E-state index < -0.39 is 11.1 Å². The molecule has 16 heavy (non-hydrogen) atoms. The fourth-order valence-electron chi connectivity index (χ4n) is 1.43. The second-order valence-electron chi connectivity index (χ2n) is 3.84. The molecule has 4 nitrogen and oxygen atoms in total. The van der Waals surface area contributed by atoms with E-state index in [2.05, 4.69) is 45.8 Å². The highest BCUT2D eigenvalue weighted by Gasteiger charge is 2.21. The Labute approximate surface area is 109 Å². The summed E-state index contributed by atoms with van der Waals surface area (Å²) in [5, 5.41) is 1.00. The van der Waals surface area contributed by atoms with Crippen LogP contribution in [-0.4, -0.2) is 33.1 Å². The Kier molecular flexibility index (Phi) is 5.43. The molecule has 0 aliphatic carbocycles. The summed E-state index contributed by atoms with van der Waals surface area (Å²) in [6.07, 6.45) is 1.94. The third kappa shape index (κ3) is 3.55. The Morgan fingerprint density at radius 3 is 2.25 bits per heavy atom. The fourth-order valence-corrected chi connectivity index (χ4v) is 3.76. The number of nitrogens with zero attached hydrogens (tertiary/aromatic N) is 4. The molecule has 0 saturated carbocycles. The molecule has 1 heterocycles. The van der Waals surface area contributed by atoms with E-state index in [0.29, 0.717) is 22.5 Å². The van der Waals surface area contributed by atoms with Gasteiger partial charge in [-0.2, -0.15) is 13.8 Å². The highest BCUT2D eigenvalue weighted by Crippen LogP contribution is 2.18. The van der Waals surface area contributed by atoms with Gasteiger partial charge in [-0.15, -0.1) is 0 Å². The summed E-state index contributed by atoms with van der Waals surface area (Å²) in [4.78, 5) is 4.06. The molecule has 1 unspecified atom stereocenters. The lowest BCUT2D eigenvalue weighted by atomic mass is 10.3. The molecular weight excluding hydrogens is 264 g/mol. The second kappa shape index (κ2) is 6.14. The summed E-state index contributed by atoms with van der Waals surface area (Å²) in [5.41, 5.74) is 0. The molecule has 7 heteroatoms. The van der Waals surface area contributed by atoms with Crippen LogP contribution in [-0.2, 0) is 11.1 Å². The molecule has 0 N–H and O–H groups in total. The Morgan fingerprint density at radius 2 is 1.81 bits per heavy atom. The number of rotatable bonds is 3. The molecule has 0 aromatic carbocycles. The normalized spacial score (nSPS) is 21.2. The average Bonchev–Trinajstić information content (AvgIpc) is 2.15. The van der Waals surface area contributed by atoms with Crippen molar-refractivity contribution in [3.05, 3.63) is 0 Å². The first kappa shape index (κ1) is 14.2. The molecule has 0 amide bonds. The molecule has 0 aromatic heterocycles. The van der Waals surface area contributed by atoms with Gasteiger partial charge in [0.1, 0.15) is 11.1 Å². The Balaban J connectivity index is 3.04. The summed E-state index contributed by atoms with van der Waals surface area (Å²) < 4.78 is 11.0. The predicted octanol–water partition coefficient (Wildman–Crippen LogP) is 3.06. The Bertz CT molecular complexity index is 341. The highest BCUT2D eigenvalue weighted by atomic mass is 35.5. The van der Waals surface area contributed by atoms with E-state index in [4.69, 9.17) is 11.6 Å². The highest BCUT2D eigenvalue weighted by molar-refractivity contribution is 8.13. The van der Waals surface area contributed by atoms with E-state index in [1.54, 1.807) is 0 Å². The van der Waals surface area contributed by atoms with Gasteiger partial charge >= 0.3 is 0 Å². The van der Waals surface area contributed by atoms with Crippen molar-refractivity contribution in [2.45, 2.75) is 39.8 Å². The first-order valence-corrected chi connectivity index (χ1v) is 7.77. The van der Waals surface area contributed by atoms with Crippen LogP contribution in [0, 0.1) is 0 Å². The SMILES string of the molecule is CSC1=NS(N(C(C)C)C(C)C)=NC(Cl)=N1. The van der Waals surface area contributed by atoms with Gasteiger partial charge in [-0.05, 0) is 45.6 Å². The van der Waals surface area contributed by atoms with Crippen LogP contribution in [0.25, 0.3) is 0 Å². The minimum absolute atomic E-state index is 0.300. The van der Waals surface area contributed by atoms with Gasteiger partial charge in [0.15, 0.2) is 5.17 Å². The molecule has 0 bridgehead atoms. The number of hydrogen-bond donors (Lipinski definition) is 0. The van der Waals surface area contributed by atoms with Gasteiger partial charge in [0.05, 0.1) is 0 Å².